The lowest BCUT2D eigenvalue weighted by atomic mass is 9.81. The summed E-state index contributed by atoms with van der Waals surface area (Å²) >= 11 is 0. The monoisotopic (exact) mass is 334 g/mol. The number of nitrogens with zero attached hydrogens (tertiary/aromatic N) is 2. The van der Waals surface area contributed by atoms with Crippen molar-refractivity contribution in [3.8, 4) is 0 Å². The standard InChI is InChI=1S/C17H22N2O5/c1-12-7-9-18-10-13(12)15(21)23-11-24-16(22)19(3)17(2)8-5-4-6-14(17)20/h7,9-10H,4-6,8,11H2,1-3H3/t17-/m1/s1. The van der Waals surface area contributed by atoms with Gasteiger partial charge in [0.2, 0.25) is 6.79 Å². The van der Waals surface area contributed by atoms with Gasteiger partial charge in [-0.05, 0) is 38.3 Å². The van der Waals surface area contributed by atoms with E-state index in [1.807, 2.05) is 0 Å². The molecule has 24 heavy (non-hydrogen) atoms. The Morgan fingerprint density at radius 1 is 1.33 bits per heavy atom. The van der Waals surface area contributed by atoms with E-state index in [9.17, 15) is 14.4 Å². The highest BCUT2D eigenvalue weighted by atomic mass is 16.7. The third-order valence-electron chi connectivity index (χ3n) is 4.56. The molecule has 1 saturated carbocycles. The highest BCUT2D eigenvalue weighted by molar-refractivity contribution is 5.92. The van der Waals surface area contributed by atoms with Crippen LogP contribution in [0.15, 0.2) is 18.5 Å². The van der Waals surface area contributed by atoms with Crippen molar-refractivity contribution >= 4 is 17.8 Å². The second kappa shape index (κ2) is 7.42. The summed E-state index contributed by atoms with van der Waals surface area (Å²) in [4.78, 5) is 41.3. The van der Waals surface area contributed by atoms with Crippen LogP contribution in [0.1, 0.15) is 48.5 Å². The van der Waals surface area contributed by atoms with Gasteiger partial charge in [-0.3, -0.25) is 14.7 Å². The van der Waals surface area contributed by atoms with Gasteiger partial charge >= 0.3 is 12.1 Å². The van der Waals surface area contributed by atoms with Crippen molar-refractivity contribution in [2.24, 2.45) is 0 Å². The van der Waals surface area contributed by atoms with Crippen LogP contribution in [0, 0.1) is 6.92 Å². The fourth-order valence-electron chi connectivity index (χ4n) is 2.71. The number of ketones is 1. The van der Waals surface area contributed by atoms with Gasteiger partial charge < -0.3 is 9.47 Å². The molecule has 0 aliphatic heterocycles. The van der Waals surface area contributed by atoms with Crippen molar-refractivity contribution in [3.63, 3.8) is 0 Å². The number of aryl methyl sites for hydroxylation is 1. The number of rotatable bonds is 4. The van der Waals surface area contributed by atoms with Crippen LogP contribution in [0.25, 0.3) is 0 Å². The fourth-order valence-corrected chi connectivity index (χ4v) is 2.71. The lowest BCUT2D eigenvalue weighted by Crippen LogP contribution is -2.54. The lowest BCUT2D eigenvalue weighted by Gasteiger charge is -2.39. The highest BCUT2D eigenvalue weighted by Gasteiger charge is 2.41. The van der Waals surface area contributed by atoms with Gasteiger partial charge in [0.25, 0.3) is 0 Å². The van der Waals surface area contributed by atoms with Gasteiger partial charge in [-0.2, -0.15) is 0 Å². The molecular weight excluding hydrogens is 312 g/mol. The highest BCUT2D eigenvalue weighted by Crippen LogP contribution is 2.29. The molecule has 7 heteroatoms. The maximum Gasteiger partial charge on any atom is 0.413 e. The molecule has 1 heterocycles. The molecule has 0 bridgehead atoms. The normalized spacial score (nSPS) is 20.4. The minimum atomic E-state index is -0.862. The summed E-state index contributed by atoms with van der Waals surface area (Å²) in [5.74, 6) is -0.591. The van der Waals surface area contributed by atoms with Crippen LogP contribution in [-0.4, -0.2) is 47.1 Å². The van der Waals surface area contributed by atoms with E-state index in [1.54, 1.807) is 26.1 Å². The van der Waals surface area contributed by atoms with Gasteiger partial charge in [-0.15, -0.1) is 0 Å². The van der Waals surface area contributed by atoms with Crippen molar-refractivity contribution in [1.29, 1.82) is 0 Å². The van der Waals surface area contributed by atoms with Crippen LogP contribution in [0.5, 0.6) is 0 Å². The van der Waals surface area contributed by atoms with Gasteiger partial charge in [0, 0.05) is 25.9 Å². The van der Waals surface area contributed by atoms with Crippen LogP contribution < -0.4 is 0 Å². The Morgan fingerprint density at radius 3 is 2.75 bits per heavy atom. The summed E-state index contributed by atoms with van der Waals surface area (Å²) in [6, 6.07) is 1.69. The summed E-state index contributed by atoms with van der Waals surface area (Å²) in [6.07, 6.45) is 5.07. The van der Waals surface area contributed by atoms with E-state index in [0.717, 1.165) is 18.4 Å². The average molecular weight is 334 g/mol. The molecule has 0 saturated heterocycles. The minimum Gasteiger partial charge on any atom is -0.424 e. The second-order valence-electron chi connectivity index (χ2n) is 6.11. The molecular formula is C17H22N2O5. The van der Waals surface area contributed by atoms with Gasteiger partial charge in [0.15, 0.2) is 5.78 Å². The molecule has 2 rings (SSSR count). The summed E-state index contributed by atoms with van der Waals surface area (Å²) in [5, 5.41) is 0. The Balaban J connectivity index is 1.88. The van der Waals surface area contributed by atoms with Crippen LogP contribution in [0.2, 0.25) is 0 Å². The van der Waals surface area contributed by atoms with Crippen molar-refractivity contribution in [2.45, 2.75) is 45.1 Å². The number of ether oxygens (including phenoxy) is 2. The minimum absolute atomic E-state index is 0.0242. The molecule has 130 valence electrons. The van der Waals surface area contributed by atoms with Gasteiger partial charge in [-0.25, -0.2) is 9.59 Å². The van der Waals surface area contributed by atoms with E-state index in [1.165, 1.54) is 18.1 Å². The largest absolute Gasteiger partial charge is 0.424 e. The van der Waals surface area contributed by atoms with Gasteiger partial charge in [0.05, 0.1) is 5.56 Å². The molecule has 1 aliphatic rings. The van der Waals surface area contributed by atoms with E-state index in [-0.39, 0.29) is 5.78 Å². The zero-order valence-electron chi connectivity index (χ0n) is 14.2. The zero-order valence-corrected chi connectivity index (χ0v) is 14.2. The van der Waals surface area contributed by atoms with Gasteiger partial charge in [0.1, 0.15) is 5.54 Å². The van der Waals surface area contributed by atoms with Gasteiger partial charge in [-0.1, -0.05) is 6.42 Å². The van der Waals surface area contributed by atoms with Crippen LogP contribution in [-0.2, 0) is 14.3 Å². The van der Waals surface area contributed by atoms with E-state index in [2.05, 4.69) is 4.98 Å². The summed E-state index contributed by atoms with van der Waals surface area (Å²) < 4.78 is 9.92. The van der Waals surface area contributed by atoms with E-state index < -0.39 is 24.4 Å². The lowest BCUT2D eigenvalue weighted by molar-refractivity contribution is -0.131. The van der Waals surface area contributed by atoms with Crippen molar-refractivity contribution in [3.05, 3.63) is 29.6 Å². The number of Topliss-reactive ketones (excluding diaryl/α,β-unsaturated/α-hetero) is 1. The molecule has 1 fully saturated rings. The fraction of sp³-hybridized carbons (Fsp3) is 0.529. The Morgan fingerprint density at radius 2 is 2.08 bits per heavy atom. The SMILES string of the molecule is Cc1ccncc1C(=O)OCOC(=O)N(C)[C@]1(C)CCCCC1=O. The second-order valence-corrected chi connectivity index (χ2v) is 6.11. The Hall–Kier alpha value is -2.44. The molecule has 1 aromatic rings. The smallest absolute Gasteiger partial charge is 0.413 e. The average Bonchev–Trinajstić information content (AvgIpc) is 2.57. The van der Waals surface area contributed by atoms with Crippen molar-refractivity contribution < 1.29 is 23.9 Å². The number of aromatic nitrogens is 1. The Kier molecular flexibility index (Phi) is 5.54. The molecule has 0 N–H and O–H groups in total. The molecule has 1 amide bonds. The third-order valence-corrected chi connectivity index (χ3v) is 4.56. The Labute approximate surface area is 140 Å². The number of hydrogen-bond acceptors (Lipinski definition) is 6. The predicted molar refractivity (Wildman–Crippen MR) is 85.4 cm³/mol. The maximum absolute atomic E-state index is 12.1. The first kappa shape index (κ1) is 17.9. The number of carbonyl (C=O) groups excluding carboxylic acids is 3. The number of carbonyl (C=O) groups is 3. The number of esters is 1. The van der Waals surface area contributed by atoms with Crippen molar-refractivity contribution in [1.82, 2.24) is 9.88 Å². The Bertz CT molecular complexity index is 646. The first-order valence-electron chi connectivity index (χ1n) is 7.88. The summed E-state index contributed by atoms with van der Waals surface area (Å²) in [5.41, 5.74) is 0.175. The van der Waals surface area contributed by atoms with E-state index in [4.69, 9.17) is 9.47 Å². The molecule has 0 aromatic carbocycles. The van der Waals surface area contributed by atoms with Crippen molar-refractivity contribution in [2.75, 3.05) is 13.8 Å². The third kappa shape index (κ3) is 3.72. The molecule has 0 unspecified atom stereocenters. The van der Waals surface area contributed by atoms with Crippen LogP contribution >= 0.6 is 0 Å². The van der Waals surface area contributed by atoms with Crippen LogP contribution in [0.4, 0.5) is 4.79 Å². The van der Waals surface area contributed by atoms with E-state index in [0.29, 0.717) is 18.4 Å². The quantitative estimate of drug-likeness (QED) is 0.621. The summed E-state index contributed by atoms with van der Waals surface area (Å²) in [6.45, 7) is 2.98. The molecule has 7 nitrogen and oxygen atoms in total. The molecule has 1 aromatic heterocycles. The number of likely N-dealkylation sites (N-methyl/N-ethyl adjacent to an activating group) is 1. The summed E-state index contributed by atoms with van der Waals surface area (Å²) in [7, 11) is 1.53. The molecule has 1 aliphatic carbocycles. The molecule has 1 atom stereocenters. The zero-order chi connectivity index (χ0) is 17.7. The first-order chi connectivity index (χ1) is 11.4. The number of pyridine rings is 1. The topological polar surface area (TPSA) is 85.8 Å². The number of hydrogen-bond donors (Lipinski definition) is 0. The predicted octanol–water partition coefficient (Wildman–Crippen LogP) is 2.47. The maximum atomic E-state index is 12.1. The molecule has 0 spiro atoms. The first-order valence-corrected chi connectivity index (χ1v) is 7.88. The van der Waals surface area contributed by atoms with E-state index >= 15 is 0 Å². The number of amides is 1. The van der Waals surface area contributed by atoms with Crippen LogP contribution in [0.3, 0.4) is 0 Å². The molecule has 0 radical (unpaired) electrons.